The van der Waals surface area contributed by atoms with Crippen LogP contribution in [0.15, 0.2) is 24.4 Å². The van der Waals surface area contributed by atoms with E-state index in [-0.39, 0.29) is 0 Å². The largest absolute Gasteiger partial charge is 0.399 e. The maximum atomic E-state index is 5.81. The standard InChI is InChI=1S/C12H13N5S/c1-7(2)11-15-12(18-16-11)17-10-5-9(13)4-3-8(10)6-14-17/h3-7H,13H2,1-2H3. The number of rotatable bonds is 2. The monoisotopic (exact) mass is 259 g/mol. The molecule has 6 heteroatoms. The Balaban J connectivity index is 2.15. The molecule has 0 unspecified atom stereocenters. The van der Waals surface area contributed by atoms with Gasteiger partial charge < -0.3 is 5.73 Å². The molecular formula is C12H13N5S. The molecule has 0 amide bonds. The number of benzene rings is 1. The summed E-state index contributed by atoms with van der Waals surface area (Å²) in [5.74, 6) is 1.17. The first-order valence-electron chi connectivity index (χ1n) is 5.72. The molecule has 2 heterocycles. The van der Waals surface area contributed by atoms with Crippen LogP contribution in [0.25, 0.3) is 16.0 Å². The first-order chi connectivity index (χ1) is 8.65. The van der Waals surface area contributed by atoms with Crippen LogP contribution in [0.3, 0.4) is 0 Å². The highest BCUT2D eigenvalue weighted by atomic mass is 32.1. The molecule has 0 bridgehead atoms. The Morgan fingerprint density at radius 3 is 2.89 bits per heavy atom. The van der Waals surface area contributed by atoms with Gasteiger partial charge in [-0.25, -0.2) is 9.67 Å². The fourth-order valence-electron chi connectivity index (χ4n) is 1.73. The molecule has 0 atom stereocenters. The van der Waals surface area contributed by atoms with E-state index in [9.17, 15) is 0 Å². The summed E-state index contributed by atoms with van der Waals surface area (Å²) >= 11 is 1.35. The lowest BCUT2D eigenvalue weighted by Gasteiger charge is -1.99. The maximum absolute atomic E-state index is 5.81. The molecule has 0 spiro atoms. The predicted molar refractivity (Wildman–Crippen MR) is 73.0 cm³/mol. The smallest absolute Gasteiger partial charge is 0.230 e. The van der Waals surface area contributed by atoms with Gasteiger partial charge in [0.1, 0.15) is 5.82 Å². The van der Waals surface area contributed by atoms with Gasteiger partial charge in [0, 0.05) is 28.5 Å². The predicted octanol–water partition coefficient (Wildman–Crippen LogP) is 2.58. The van der Waals surface area contributed by atoms with Gasteiger partial charge in [-0.2, -0.15) is 9.47 Å². The first-order valence-corrected chi connectivity index (χ1v) is 6.50. The van der Waals surface area contributed by atoms with Crippen molar-refractivity contribution in [2.45, 2.75) is 19.8 Å². The lowest BCUT2D eigenvalue weighted by atomic mass is 10.2. The minimum atomic E-state index is 0.321. The second-order valence-electron chi connectivity index (χ2n) is 4.46. The van der Waals surface area contributed by atoms with E-state index in [1.807, 2.05) is 24.4 Å². The van der Waals surface area contributed by atoms with Gasteiger partial charge in [-0.3, -0.25) is 0 Å². The molecule has 0 saturated carbocycles. The number of hydrogen-bond donors (Lipinski definition) is 1. The van der Waals surface area contributed by atoms with Crippen LogP contribution < -0.4 is 5.73 Å². The summed E-state index contributed by atoms with van der Waals surface area (Å²) in [6.07, 6.45) is 1.81. The van der Waals surface area contributed by atoms with E-state index < -0.39 is 0 Å². The number of aromatic nitrogens is 4. The van der Waals surface area contributed by atoms with Crippen molar-refractivity contribution in [2.24, 2.45) is 0 Å². The van der Waals surface area contributed by atoms with Crippen molar-refractivity contribution in [3.63, 3.8) is 0 Å². The van der Waals surface area contributed by atoms with E-state index >= 15 is 0 Å². The Hall–Kier alpha value is -1.95. The SMILES string of the molecule is CC(C)c1nsc(-n2ncc3ccc(N)cc32)n1. The summed E-state index contributed by atoms with van der Waals surface area (Å²) in [4.78, 5) is 4.50. The fourth-order valence-corrected chi connectivity index (χ4v) is 2.52. The molecule has 2 aromatic heterocycles. The Kier molecular flexibility index (Phi) is 2.52. The summed E-state index contributed by atoms with van der Waals surface area (Å²) in [6, 6.07) is 5.73. The third-order valence-electron chi connectivity index (χ3n) is 2.72. The van der Waals surface area contributed by atoms with Gasteiger partial charge >= 0.3 is 0 Å². The molecule has 2 N–H and O–H groups in total. The molecule has 0 saturated heterocycles. The van der Waals surface area contributed by atoms with Crippen molar-refractivity contribution in [1.29, 1.82) is 0 Å². The molecule has 1 aromatic carbocycles. The van der Waals surface area contributed by atoms with Crippen LogP contribution >= 0.6 is 11.5 Å². The second-order valence-corrected chi connectivity index (χ2v) is 5.19. The molecule has 3 rings (SSSR count). The van der Waals surface area contributed by atoms with E-state index in [2.05, 4.69) is 28.3 Å². The summed E-state index contributed by atoms with van der Waals surface area (Å²) in [7, 11) is 0. The Labute approximate surface area is 108 Å². The van der Waals surface area contributed by atoms with Crippen molar-refractivity contribution in [2.75, 3.05) is 5.73 Å². The minimum Gasteiger partial charge on any atom is -0.399 e. The zero-order valence-electron chi connectivity index (χ0n) is 10.2. The van der Waals surface area contributed by atoms with E-state index in [1.165, 1.54) is 11.5 Å². The van der Waals surface area contributed by atoms with Gasteiger partial charge in [0.05, 0.1) is 11.7 Å². The quantitative estimate of drug-likeness (QED) is 0.718. The maximum Gasteiger partial charge on any atom is 0.230 e. The first kappa shape index (κ1) is 11.2. The van der Waals surface area contributed by atoms with Gasteiger partial charge in [-0.1, -0.05) is 13.8 Å². The number of anilines is 1. The van der Waals surface area contributed by atoms with Crippen molar-refractivity contribution in [1.82, 2.24) is 19.1 Å². The van der Waals surface area contributed by atoms with E-state index in [0.717, 1.165) is 27.5 Å². The molecule has 3 aromatic rings. The molecule has 5 nitrogen and oxygen atoms in total. The van der Waals surface area contributed by atoms with Crippen LogP contribution in [0.2, 0.25) is 0 Å². The molecule has 92 valence electrons. The highest BCUT2D eigenvalue weighted by molar-refractivity contribution is 7.08. The third kappa shape index (κ3) is 1.74. The van der Waals surface area contributed by atoms with Crippen LogP contribution in [-0.2, 0) is 0 Å². The average Bonchev–Trinajstić information content (AvgIpc) is 2.93. The molecule has 0 aliphatic rings. The van der Waals surface area contributed by atoms with Crippen LogP contribution in [0.5, 0.6) is 0 Å². The Morgan fingerprint density at radius 1 is 1.33 bits per heavy atom. The lowest BCUT2D eigenvalue weighted by molar-refractivity contribution is 0.785. The average molecular weight is 259 g/mol. The second kappa shape index (κ2) is 4.06. The van der Waals surface area contributed by atoms with Gasteiger partial charge in [0.2, 0.25) is 5.13 Å². The van der Waals surface area contributed by atoms with Crippen molar-refractivity contribution in [3.8, 4) is 5.13 Å². The summed E-state index contributed by atoms with van der Waals surface area (Å²) in [5, 5.41) is 6.17. The van der Waals surface area contributed by atoms with E-state index in [4.69, 9.17) is 5.73 Å². The van der Waals surface area contributed by atoms with Crippen molar-refractivity contribution >= 4 is 28.1 Å². The van der Waals surface area contributed by atoms with Crippen LogP contribution in [-0.4, -0.2) is 19.1 Å². The van der Waals surface area contributed by atoms with Gasteiger partial charge in [0.15, 0.2) is 0 Å². The van der Waals surface area contributed by atoms with Gasteiger partial charge in [0.25, 0.3) is 0 Å². The molecule has 18 heavy (non-hydrogen) atoms. The van der Waals surface area contributed by atoms with Crippen molar-refractivity contribution in [3.05, 3.63) is 30.2 Å². The third-order valence-corrected chi connectivity index (χ3v) is 3.43. The molecular weight excluding hydrogens is 246 g/mol. The van der Waals surface area contributed by atoms with Crippen molar-refractivity contribution < 1.29 is 0 Å². The normalized spacial score (nSPS) is 11.5. The zero-order chi connectivity index (χ0) is 12.7. The minimum absolute atomic E-state index is 0.321. The number of nitrogens with two attached hydrogens (primary N) is 1. The lowest BCUT2D eigenvalue weighted by Crippen LogP contribution is -1.97. The molecule has 0 aliphatic heterocycles. The van der Waals surface area contributed by atoms with Gasteiger partial charge in [-0.05, 0) is 18.2 Å². The Bertz CT molecular complexity index is 697. The number of nitrogens with zero attached hydrogens (tertiary/aromatic N) is 4. The topological polar surface area (TPSA) is 69.6 Å². The molecule has 0 aliphatic carbocycles. The summed E-state index contributed by atoms with van der Waals surface area (Å²) in [5.41, 5.74) is 7.49. The zero-order valence-corrected chi connectivity index (χ0v) is 11.0. The summed E-state index contributed by atoms with van der Waals surface area (Å²) < 4.78 is 6.13. The van der Waals surface area contributed by atoms with E-state index in [0.29, 0.717) is 5.92 Å². The molecule has 0 fully saturated rings. The number of nitrogen functional groups attached to an aromatic ring is 1. The number of hydrogen-bond acceptors (Lipinski definition) is 5. The molecule has 0 radical (unpaired) electrons. The number of fused-ring (bicyclic) bond motifs is 1. The van der Waals surface area contributed by atoms with Crippen LogP contribution in [0.1, 0.15) is 25.6 Å². The fraction of sp³-hybridized carbons (Fsp3) is 0.250. The van der Waals surface area contributed by atoms with Crippen LogP contribution in [0, 0.1) is 0 Å². The van der Waals surface area contributed by atoms with E-state index in [1.54, 1.807) is 4.68 Å². The highest BCUT2D eigenvalue weighted by Gasteiger charge is 2.12. The summed E-state index contributed by atoms with van der Waals surface area (Å²) in [6.45, 7) is 4.15. The Morgan fingerprint density at radius 2 is 2.17 bits per heavy atom. The van der Waals surface area contributed by atoms with Gasteiger partial charge in [-0.15, -0.1) is 0 Å². The van der Waals surface area contributed by atoms with Crippen LogP contribution in [0.4, 0.5) is 5.69 Å². The highest BCUT2D eigenvalue weighted by Crippen LogP contribution is 2.23.